The highest BCUT2D eigenvalue weighted by molar-refractivity contribution is 5.98. The highest BCUT2D eigenvalue weighted by Gasteiger charge is 2.16. The van der Waals surface area contributed by atoms with E-state index in [0.717, 1.165) is 29.5 Å². The molecule has 0 saturated heterocycles. The van der Waals surface area contributed by atoms with Crippen LogP contribution in [0.4, 0.5) is 0 Å². The molecule has 0 fully saturated rings. The summed E-state index contributed by atoms with van der Waals surface area (Å²) in [5.74, 6) is 5.82. The molecule has 0 N–H and O–H groups in total. The molecule has 17 heavy (non-hydrogen) atoms. The summed E-state index contributed by atoms with van der Waals surface area (Å²) >= 11 is 0. The van der Waals surface area contributed by atoms with E-state index in [4.69, 9.17) is 5.53 Å². The molecule has 0 spiro atoms. The van der Waals surface area contributed by atoms with Crippen LogP contribution in [0.5, 0.6) is 0 Å². The van der Waals surface area contributed by atoms with Crippen molar-refractivity contribution >= 4 is 5.78 Å². The quantitative estimate of drug-likeness (QED) is 0.313. The monoisotopic (exact) mass is 225 g/mol. The molecular weight excluding hydrogens is 214 g/mol. The Balaban J connectivity index is 2.25. The molecule has 84 valence electrons. The van der Waals surface area contributed by atoms with Gasteiger partial charge < -0.3 is 0 Å². The SMILES string of the molecule is [N-]=[N+]=NCC#Cc1ccc2c(c1)C(=O)CCC2. The summed E-state index contributed by atoms with van der Waals surface area (Å²) in [6, 6.07) is 5.70. The fraction of sp³-hybridized carbons (Fsp3) is 0.308. The van der Waals surface area contributed by atoms with Gasteiger partial charge in [0.15, 0.2) is 5.78 Å². The largest absolute Gasteiger partial charge is 0.294 e. The van der Waals surface area contributed by atoms with E-state index in [1.54, 1.807) is 0 Å². The van der Waals surface area contributed by atoms with Crippen molar-refractivity contribution in [1.82, 2.24) is 0 Å². The summed E-state index contributed by atoms with van der Waals surface area (Å²) in [6.07, 6.45) is 2.53. The third kappa shape index (κ3) is 2.66. The zero-order valence-corrected chi connectivity index (χ0v) is 9.31. The van der Waals surface area contributed by atoms with Crippen LogP contribution in [-0.2, 0) is 6.42 Å². The molecule has 1 aliphatic rings. The van der Waals surface area contributed by atoms with Gasteiger partial charge in [-0.15, -0.1) is 0 Å². The lowest BCUT2D eigenvalue weighted by Crippen LogP contribution is -2.10. The van der Waals surface area contributed by atoms with Crippen molar-refractivity contribution in [2.24, 2.45) is 5.11 Å². The van der Waals surface area contributed by atoms with E-state index in [-0.39, 0.29) is 12.3 Å². The predicted octanol–water partition coefficient (Wildman–Crippen LogP) is 2.87. The normalized spacial score (nSPS) is 13.1. The molecule has 4 heteroatoms. The van der Waals surface area contributed by atoms with E-state index in [0.29, 0.717) is 6.42 Å². The van der Waals surface area contributed by atoms with Gasteiger partial charge in [0, 0.05) is 22.5 Å². The molecule has 0 saturated carbocycles. The van der Waals surface area contributed by atoms with Crippen molar-refractivity contribution in [1.29, 1.82) is 0 Å². The lowest BCUT2D eigenvalue weighted by atomic mass is 9.89. The third-order valence-electron chi connectivity index (χ3n) is 2.71. The summed E-state index contributed by atoms with van der Waals surface area (Å²) in [5.41, 5.74) is 10.8. The Bertz CT molecular complexity index is 560. The smallest absolute Gasteiger partial charge is 0.163 e. The molecule has 1 aromatic carbocycles. The number of fused-ring (bicyclic) bond motifs is 1. The van der Waals surface area contributed by atoms with Gasteiger partial charge in [0.05, 0.1) is 6.54 Å². The minimum absolute atomic E-state index is 0.154. The van der Waals surface area contributed by atoms with Crippen molar-refractivity contribution in [3.63, 3.8) is 0 Å². The van der Waals surface area contributed by atoms with Crippen LogP contribution in [-0.4, -0.2) is 12.3 Å². The molecule has 0 bridgehead atoms. The predicted molar refractivity (Wildman–Crippen MR) is 64.6 cm³/mol. The maximum Gasteiger partial charge on any atom is 0.163 e. The second-order valence-electron chi connectivity index (χ2n) is 3.84. The number of benzene rings is 1. The number of hydrogen-bond donors (Lipinski definition) is 0. The van der Waals surface area contributed by atoms with Crippen molar-refractivity contribution in [2.45, 2.75) is 19.3 Å². The van der Waals surface area contributed by atoms with Gasteiger partial charge in [-0.2, -0.15) is 0 Å². The van der Waals surface area contributed by atoms with Crippen LogP contribution < -0.4 is 0 Å². The summed E-state index contributed by atoms with van der Waals surface area (Å²) in [6.45, 7) is 0.154. The van der Waals surface area contributed by atoms with Crippen molar-refractivity contribution in [2.75, 3.05) is 6.54 Å². The maximum absolute atomic E-state index is 11.7. The van der Waals surface area contributed by atoms with Gasteiger partial charge in [-0.05, 0) is 36.1 Å². The van der Waals surface area contributed by atoms with E-state index in [1.807, 2.05) is 18.2 Å². The molecule has 0 amide bonds. The average Bonchev–Trinajstić information content (AvgIpc) is 2.36. The summed E-state index contributed by atoms with van der Waals surface area (Å²) in [7, 11) is 0. The molecule has 0 heterocycles. The summed E-state index contributed by atoms with van der Waals surface area (Å²) in [4.78, 5) is 14.3. The summed E-state index contributed by atoms with van der Waals surface area (Å²) < 4.78 is 0. The van der Waals surface area contributed by atoms with E-state index < -0.39 is 0 Å². The van der Waals surface area contributed by atoms with Crippen molar-refractivity contribution in [3.05, 3.63) is 45.3 Å². The van der Waals surface area contributed by atoms with Crippen LogP contribution in [0.25, 0.3) is 10.4 Å². The standard InChI is InChI=1S/C13H11N3O/c14-16-15-8-2-3-10-6-7-11-4-1-5-13(17)12(11)9-10/h6-7,9H,1,4-5,8H2. The first kappa shape index (κ1) is 11.3. The molecule has 4 nitrogen and oxygen atoms in total. The Morgan fingerprint density at radius 2 is 2.29 bits per heavy atom. The van der Waals surface area contributed by atoms with Gasteiger partial charge in [-0.1, -0.05) is 23.0 Å². The number of nitrogens with zero attached hydrogens (tertiary/aromatic N) is 3. The Morgan fingerprint density at radius 3 is 3.12 bits per heavy atom. The van der Waals surface area contributed by atoms with E-state index in [2.05, 4.69) is 21.9 Å². The van der Waals surface area contributed by atoms with Crippen LogP contribution in [0.1, 0.15) is 34.3 Å². The maximum atomic E-state index is 11.7. The molecule has 0 aliphatic heterocycles. The Hall–Kier alpha value is -2.24. The van der Waals surface area contributed by atoms with Gasteiger partial charge in [0.2, 0.25) is 0 Å². The molecule has 0 radical (unpaired) electrons. The Morgan fingerprint density at radius 1 is 1.41 bits per heavy atom. The first-order chi connectivity index (χ1) is 8.31. The lowest BCUT2D eigenvalue weighted by Gasteiger charge is -2.14. The molecule has 0 atom stereocenters. The third-order valence-corrected chi connectivity index (χ3v) is 2.71. The number of azide groups is 1. The number of carbonyl (C=O) groups excluding carboxylic acids is 1. The van der Waals surface area contributed by atoms with E-state index in [1.165, 1.54) is 0 Å². The number of ketones is 1. The topological polar surface area (TPSA) is 65.8 Å². The first-order valence-corrected chi connectivity index (χ1v) is 5.47. The molecule has 1 aromatic rings. The molecular formula is C13H11N3O. The van der Waals surface area contributed by atoms with Gasteiger partial charge in [0.1, 0.15) is 0 Å². The lowest BCUT2D eigenvalue weighted by molar-refractivity contribution is 0.0972. The van der Waals surface area contributed by atoms with Crippen LogP contribution in [0, 0.1) is 11.8 Å². The molecule has 2 rings (SSSR count). The first-order valence-electron chi connectivity index (χ1n) is 5.47. The highest BCUT2D eigenvalue weighted by Crippen LogP contribution is 2.21. The highest BCUT2D eigenvalue weighted by atomic mass is 16.1. The number of Topliss-reactive ketones (excluding diaryl/α,β-unsaturated/α-hetero) is 1. The van der Waals surface area contributed by atoms with Crippen LogP contribution >= 0.6 is 0 Å². The molecule has 1 aliphatic carbocycles. The average molecular weight is 225 g/mol. The van der Waals surface area contributed by atoms with Gasteiger partial charge in [-0.3, -0.25) is 4.79 Å². The Kier molecular flexibility index (Phi) is 3.44. The van der Waals surface area contributed by atoms with Gasteiger partial charge >= 0.3 is 0 Å². The fourth-order valence-corrected chi connectivity index (χ4v) is 1.91. The van der Waals surface area contributed by atoms with E-state index >= 15 is 0 Å². The number of hydrogen-bond acceptors (Lipinski definition) is 2. The van der Waals surface area contributed by atoms with Crippen LogP contribution in [0.15, 0.2) is 23.3 Å². The van der Waals surface area contributed by atoms with Gasteiger partial charge in [0.25, 0.3) is 0 Å². The Labute approximate surface area is 99.3 Å². The van der Waals surface area contributed by atoms with Crippen LogP contribution in [0.3, 0.4) is 0 Å². The minimum atomic E-state index is 0.154. The number of aryl methyl sites for hydroxylation is 1. The fourth-order valence-electron chi connectivity index (χ4n) is 1.91. The van der Waals surface area contributed by atoms with E-state index in [9.17, 15) is 4.79 Å². The number of rotatable bonds is 1. The van der Waals surface area contributed by atoms with Crippen molar-refractivity contribution in [3.8, 4) is 11.8 Å². The second-order valence-corrected chi connectivity index (χ2v) is 3.84. The molecule has 0 aromatic heterocycles. The van der Waals surface area contributed by atoms with Crippen molar-refractivity contribution < 1.29 is 4.79 Å². The minimum Gasteiger partial charge on any atom is -0.294 e. The zero-order valence-electron chi connectivity index (χ0n) is 9.31. The second kappa shape index (κ2) is 5.20. The summed E-state index contributed by atoms with van der Waals surface area (Å²) in [5, 5.41) is 3.33. The van der Waals surface area contributed by atoms with Crippen LogP contribution in [0.2, 0.25) is 0 Å². The zero-order chi connectivity index (χ0) is 12.1. The van der Waals surface area contributed by atoms with Gasteiger partial charge in [-0.25, -0.2) is 0 Å². The number of carbonyl (C=O) groups is 1. The molecule has 0 unspecified atom stereocenters.